The number of ketones is 1. The SMILES string of the molecule is CC1(NC(=O)C(=O)c2cc(C(=O)Nc3ccc(F)c(F)c3)c3n2CCCC3)CC(F)(F)C1. The van der Waals surface area contributed by atoms with Gasteiger partial charge in [0.15, 0.2) is 11.6 Å². The van der Waals surface area contributed by atoms with Crippen LogP contribution in [0, 0.1) is 11.6 Å². The molecule has 1 aliphatic heterocycles. The third kappa shape index (κ3) is 4.13. The number of hydrogen-bond acceptors (Lipinski definition) is 3. The van der Waals surface area contributed by atoms with Crippen molar-refractivity contribution in [2.75, 3.05) is 5.32 Å². The number of carbonyl (C=O) groups is 3. The van der Waals surface area contributed by atoms with Crippen molar-refractivity contribution in [3.63, 3.8) is 0 Å². The van der Waals surface area contributed by atoms with E-state index in [1.165, 1.54) is 19.1 Å². The van der Waals surface area contributed by atoms with Gasteiger partial charge in [0.05, 0.1) is 11.3 Å². The molecule has 32 heavy (non-hydrogen) atoms. The number of benzene rings is 1. The standard InChI is InChI=1S/C22H21F4N3O3/c1-21(10-22(25,26)11-21)28-20(32)18(30)17-9-13(16-4-2-3-7-29(16)17)19(31)27-12-5-6-14(23)15(24)8-12/h5-6,8-9H,2-4,7,10-11H2,1H3,(H,27,31)(H,28,32). The summed E-state index contributed by atoms with van der Waals surface area (Å²) < 4.78 is 54.6. The van der Waals surface area contributed by atoms with Crippen LogP contribution < -0.4 is 10.6 Å². The number of halogens is 4. The molecule has 1 aromatic carbocycles. The van der Waals surface area contributed by atoms with Gasteiger partial charge in [0.2, 0.25) is 0 Å². The molecule has 1 aromatic heterocycles. The maximum absolute atomic E-state index is 13.5. The molecule has 1 fully saturated rings. The van der Waals surface area contributed by atoms with E-state index in [9.17, 15) is 31.9 Å². The molecular formula is C22H21F4N3O3. The summed E-state index contributed by atoms with van der Waals surface area (Å²) in [4.78, 5) is 38.1. The van der Waals surface area contributed by atoms with Crippen LogP contribution in [-0.2, 0) is 17.8 Å². The first-order valence-electron chi connectivity index (χ1n) is 10.2. The average molecular weight is 451 g/mol. The van der Waals surface area contributed by atoms with Gasteiger partial charge in [-0.25, -0.2) is 17.6 Å². The van der Waals surface area contributed by atoms with Gasteiger partial charge < -0.3 is 15.2 Å². The summed E-state index contributed by atoms with van der Waals surface area (Å²) >= 11 is 0. The maximum Gasteiger partial charge on any atom is 0.294 e. The summed E-state index contributed by atoms with van der Waals surface area (Å²) in [5.41, 5.74) is -0.447. The lowest BCUT2D eigenvalue weighted by atomic mass is 9.75. The van der Waals surface area contributed by atoms with Crippen LogP contribution in [0.2, 0.25) is 0 Å². The monoisotopic (exact) mass is 451 g/mol. The number of nitrogens with zero attached hydrogens (tertiary/aromatic N) is 1. The lowest BCUT2D eigenvalue weighted by Gasteiger charge is -2.45. The molecule has 170 valence electrons. The van der Waals surface area contributed by atoms with Crippen molar-refractivity contribution in [2.45, 2.75) is 57.0 Å². The van der Waals surface area contributed by atoms with E-state index in [1.807, 2.05) is 0 Å². The predicted molar refractivity (Wildman–Crippen MR) is 107 cm³/mol. The summed E-state index contributed by atoms with van der Waals surface area (Å²) in [5.74, 6) is -7.61. The van der Waals surface area contributed by atoms with Crippen molar-refractivity contribution in [1.29, 1.82) is 0 Å². The van der Waals surface area contributed by atoms with Crippen LogP contribution in [0.25, 0.3) is 0 Å². The number of Topliss-reactive ketones (excluding diaryl/α,β-unsaturated/α-hetero) is 1. The highest BCUT2D eigenvalue weighted by Gasteiger charge is 2.54. The van der Waals surface area contributed by atoms with Gasteiger partial charge in [-0.15, -0.1) is 0 Å². The minimum atomic E-state index is -2.87. The Labute approximate surface area is 181 Å². The van der Waals surface area contributed by atoms with Crippen LogP contribution in [-0.4, -0.2) is 33.6 Å². The highest BCUT2D eigenvalue weighted by atomic mass is 19.3. The van der Waals surface area contributed by atoms with E-state index >= 15 is 0 Å². The molecule has 0 unspecified atom stereocenters. The number of hydrogen-bond donors (Lipinski definition) is 2. The van der Waals surface area contributed by atoms with Crippen molar-refractivity contribution in [1.82, 2.24) is 9.88 Å². The van der Waals surface area contributed by atoms with Crippen molar-refractivity contribution < 1.29 is 31.9 Å². The zero-order chi connectivity index (χ0) is 23.3. The molecule has 1 aliphatic carbocycles. The van der Waals surface area contributed by atoms with Gasteiger partial charge in [-0.1, -0.05) is 0 Å². The highest BCUT2D eigenvalue weighted by molar-refractivity contribution is 6.42. The van der Waals surface area contributed by atoms with Gasteiger partial charge in [-0.05, 0) is 44.4 Å². The highest BCUT2D eigenvalue weighted by Crippen LogP contribution is 2.45. The summed E-state index contributed by atoms with van der Waals surface area (Å²) in [7, 11) is 0. The molecule has 2 heterocycles. The quantitative estimate of drug-likeness (QED) is 0.412. The molecule has 0 radical (unpaired) electrons. The fourth-order valence-electron chi connectivity index (χ4n) is 4.46. The number of fused-ring (bicyclic) bond motifs is 1. The zero-order valence-electron chi connectivity index (χ0n) is 17.2. The van der Waals surface area contributed by atoms with Gasteiger partial charge in [0, 0.05) is 42.4 Å². The maximum atomic E-state index is 13.5. The first-order chi connectivity index (χ1) is 15.0. The van der Waals surface area contributed by atoms with E-state index < -0.39 is 53.5 Å². The van der Waals surface area contributed by atoms with Gasteiger partial charge in [0.1, 0.15) is 0 Å². The van der Waals surface area contributed by atoms with Gasteiger partial charge in [-0.2, -0.15) is 0 Å². The largest absolute Gasteiger partial charge is 0.344 e. The second-order valence-electron chi connectivity index (χ2n) is 8.64. The topological polar surface area (TPSA) is 80.2 Å². The molecule has 4 rings (SSSR count). The third-order valence-corrected chi connectivity index (χ3v) is 5.83. The summed E-state index contributed by atoms with van der Waals surface area (Å²) in [6.45, 7) is 1.86. The number of carbonyl (C=O) groups excluding carboxylic acids is 3. The molecule has 0 spiro atoms. The Kier molecular flexibility index (Phi) is 5.34. The Bertz CT molecular complexity index is 1120. The second kappa shape index (κ2) is 7.75. The van der Waals surface area contributed by atoms with Gasteiger partial charge in [0.25, 0.3) is 23.5 Å². The third-order valence-electron chi connectivity index (χ3n) is 5.83. The Balaban J connectivity index is 1.57. The molecule has 0 bridgehead atoms. The number of amides is 2. The second-order valence-corrected chi connectivity index (χ2v) is 8.64. The lowest BCUT2D eigenvalue weighted by Crippen LogP contribution is -2.61. The van der Waals surface area contributed by atoms with Gasteiger partial charge in [-0.3, -0.25) is 14.4 Å². The first-order valence-corrected chi connectivity index (χ1v) is 10.2. The van der Waals surface area contributed by atoms with Crippen molar-refractivity contribution in [2.24, 2.45) is 0 Å². The minimum absolute atomic E-state index is 0.0117. The summed E-state index contributed by atoms with van der Waals surface area (Å²) in [6.07, 6.45) is 0.889. The Morgan fingerprint density at radius 2 is 1.75 bits per heavy atom. The van der Waals surface area contributed by atoms with E-state index in [4.69, 9.17) is 0 Å². The summed E-state index contributed by atoms with van der Waals surface area (Å²) in [6, 6.07) is 4.21. The van der Waals surface area contributed by atoms with E-state index in [-0.39, 0.29) is 16.9 Å². The van der Waals surface area contributed by atoms with Crippen molar-refractivity contribution >= 4 is 23.3 Å². The van der Waals surface area contributed by atoms with Crippen LogP contribution in [0.4, 0.5) is 23.2 Å². The first kappa shape index (κ1) is 22.0. The fraction of sp³-hybridized carbons (Fsp3) is 0.409. The Morgan fingerprint density at radius 3 is 2.41 bits per heavy atom. The van der Waals surface area contributed by atoms with Gasteiger partial charge >= 0.3 is 0 Å². The number of rotatable bonds is 5. The number of anilines is 1. The van der Waals surface area contributed by atoms with E-state index in [0.717, 1.165) is 25.0 Å². The molecule has 1 saturated carbocycles. The normalized spacial score (nSPS) is 18.3. The van der Waals surface area contributed by atoms with E-state index in [1.54, 1.807) is 4.57 Å². The van der Waals surface area contributed by atoms with Crippen LogP contribution >= 0.6 is 0 Å². The zero-order valence-corrected chi connectivity index (χ0v) is 17.2. The van der Waals surface area contributed by atoms with E-state index in [0.29, 0.717) is 18.7 Å². The van der Waals surface area contributed by atoms with Crippen LogP contribution in [0.1, 0.15) is 59.1 Å². The van der Waals surface area contributed by atoms with Crippen LogP contribution in [0.5, 0.6) is 0 Å². The van der Waals surface area contributed by atoms with Crippen molar-refractivity contribution in [3.8, 4) is 0 Å². The molecule has 2 amide bonds. The number of aromatic nitrogens is 1. The fourth-order valence-corrected chi connectivity index (χ4v) is 4.46. The number of alkyl halides is 2. The molecule has 0 saturated heterocycles. The Morgan fingerprint density at radius 1 is 1.03 bits per heavy atom. The average Bonchev–Trinajstić information content (AvgIpc) is 3.08. The predicted octanol–water partition coefficient (Wildman–Crippen LogP) is 3.84. The lowest BCUT2D eigenvalue weighted by molar-refractivity contribution is -0.140. The molecule has 2 N–H and O–H groups in total. The molecule has 2 aliphatic rings. The smallest absolute Gasteiger partial charge is 0.294 e. The number of nitrogens with one attached hydrogen (secondary N) is 2. The molecule has 0 atom stereocenters. The molecule has 10 heteroatoms. The summed E-state index contributed by atoms with van der Waals surface area (Å²) in [5, 5.41) is 4.85. The van der Waals surface area contributed by atoms with Crippen LogP contribution in [0.15, 0.2) is 24.3 Å². The van der Waals surface area contributed by atoms with E-state index in [2.05, 4.69) is 10.6 Å². The molecule has 6 nitrogen and oxygen atoms in total. The molecular weight excluding hydrogens is 430 g/mol. The molecule has 2 aromatic rings. The van der Waals surface area contributed by atoms with Crippen LogP contribution in [0.3, 0.4) is 0 Å². The van der Waals surface area contributed by atoms with Crippen molar-refractivity contribution in [3.05, 3.63) is 52.9 Å². The minimum Gasteiger partial charge on any atom is -0.344 e. The Hall–Kier alpha value is -3.17.